The molecule has 1 aromatic rings. The molecule has 0 aromatic carbocycles. The first-order valence-corrected chi connectivity index (χ1v) is 8.48. The molecule has 1 saturated heterocycles. The first-order chi connectivity index (χ1) is 10.7. The normalized spacial score (nSPS) is 35.8. The summed E-state index contributed by atoms with van der Waals surface area (Å²) < 4.78 is 5.41. The molecule has 5 nitrogen and oxygen atoms in total. The summed E-state index contributed by atoms with van der Waals surface area (Å²) in [7, 11) is 0. The van der Waals surface area contributed by atoms with Gasteiger partial charge in [-0.1, -0.05) is 0 Å². The molecule has 4 rings (SSSR count). The zero-order valence-electron chi connectivity index (χ0n) is 12.9. The van der Waals surface area contributed by atoms with Crippen LogP contribution < -0.4 is 0 Å². The second-order valence-corrected chi connectivity index (χ2v) is 6.89. The van der Waals surface area contributed by atoms with Crippen molar-refractivity contribution in [1.29, 1.82) is 0 Å². The topological polar surface area (TPSA) is 56.9 Å². The van der Waals surface area contributed by atoms with Crippen molar-refractivity contribution in [3.63, 3.8) is 0 Å². The molecule has 4 atom stereocenters. The number of amides is 1. The van der Waals surface area contributed by atoms with Crippen molar-refractivity contribution >= 4 is 5.91 Å². The van der Waals surface area contributed by atoms with E-state index in [1.807, 2.05) is 17.0 Å². The molecular weight excluding hydrogens is 280 g/mol. The quantitative estimate of drug-likeness (QED) is 0.918. The van der Waals surface area contributed by atoms with Crippen LogP contribution in [0.4, 0.5) is 0 Å². The number of piperazine rings is 1. The molecule has 22 heavy (non-hydrogen) atoms. The highest BCUT2D eigenvalue weighted by atomic mass is 16.3. The molecule has 2 aliphatic carbocycles. The largest absolute Gasteiger partial charge is 0.469 e. The van der Waals surface area contributed by atoms with E-state index in [4.69, 9.17) is 4.42 Å². The minimum absolute atomic E-state index is 0.120. The van der Waals surface area contributed by atoms with Crippen LogP contribution in [0.1, 0.15) is 37.4 Å². The highest BCUT2D eigenvalue weighted by Gasteiger charge is 2.48. The van der Waals surface area contributed by atoms with Crippen LogP contribution in [-0.4, -0.2) is 59.1 Å². The Hall–Kier alpha value is -1.33. The van der Waals surface area contributed by atoms with Crippen molar-refractivity contribution in [2.24, 2.45) is 5.92 Å². The minimum atomic E-state index is -0.172. The summed E-state index contributed by atoms with van der Waals surface area (Å²) in [6.45, 7) is 3.38. The Labute approximate surface area is 130 Å². The number of hydrogen-bond acceptors (Lipinski definition) is 4. The van der Waals surface area contributed by atoms with Gasteiger partial charge in [-0.2, -0.15) is 0 Å². The van der Waals surface area contributed by atoms with Crippen LogP contribution in [0.3, 0.4) is 0 Å². The fourth-order valence-electron chi connectivity index (χ4n) is 4.14. The van der Waals surface area contributed by atoms with Crippen LogP contribution in [0.5, 0.6) is 0 Å². The van der Waals surface area contributed by atoms with Gasteiger partial charge in [-0.15, -0.1) is 0 Å². The zero-order chi connectivity index (χ0) is 15.1. The Balaban J connectivity index is 1.30. The molecule has 1 N–H and O–H groups in total. The van der Waals surface area contributed by atoms with E-state index in [1.165, 1.54) is 0 Å². The van der Waals surface area contributed by atoms with E-state index in [1.54, 1.807) is 6.26 Å². The van der Waals surface area contributed by atoms with Crippen LogP contribution in [-0.2, 0) is 4.79 Å². The van der Waals surface area contributed by atoms with Gasteiger partial charge in [0.1, 0.15) is 5.76 Å². The van der Waals surface area contributed by atoms with E-state index in [2.05, 4.69) is 4.90 Å². The first kappa shape index (κ1) is 14.3. The maximum Gasteiger partial charge on any atom is 0.226 e. The Morgan fingerprint density at radius 3 is 2.68 bits per heavy atom. The molecule has 2 saturated carbocycles. The predicted molar refractivity (Wildman–Crippen MR) is 81.4 cm³/mol. The Kier molecular flexibility index (Phi) is 3.70. The molecular formula is C17H24N2O3. The Morgan fingerprint density at radius 2 is 2.05 bits per heavy atom. The van der Waals surface area contributed by atoms with Crippen molar-refractivity contribution in [3.8, 4) is 0 Å². The lowest BCUT2D eigenvalue weighted by Gasteiger charge is -2.39. The van der Waals surface area contributed by atoms with Gasteiger partial charge in [0.25, 0.3) is 0 Å². The smallest absolute Gasteiger partial charge is 0.226 e. The molecule has 5 heteroatoms. The van der Waals surface area contributed by atoms with Crippen molar-refractivity contribution < 1.29 is 14.3 Å². The average molecular weight is 304 g/mol. The molecule has 0 spiro atoms. The number of rotatable bonds is 3. The maximum atomic E-state index is 12.6. The van der Waals surface area contributed by atoms with Crippen molar-refractivity contribution in [2.45, 2.75) is 43.7 Å². The molecule has 0 radical (unpaired) electrons. The molecule has 3 fully saturated rings. The second kappa shape index (κ2) is 5.70. The van der Waals surface area contributed by atoms with Gasteiger partial charge in [0, 0.05) is 44.1 Å². The summed E-state index contributed by atoms with van der Waals surface area (Å²) in [6, 6.07) is 4.17. The molecule has 2 heterocycles. The lowest BCUT2D eigenvalue weighted by molar-refractivity contribution is -0.135. The lowest BCUT2D eigenvalue weighted by atomic mass is 10.1. The Morgan fingerprint density at radius 1 is 1.23 bits per heavy atom. The molecule has 1 aromatic heterocycles. The third kappa shape index (κ3) is 2.57. The van der Waals surface area contributed by atoms with Gasteiger partial charge in [-0.25, -0.2) is 0 Å². The number of aliphatic hydroxyl groups is 1. The van der Waals surface area contributed by atoms with Crippen LogP contribution in [0, 0.1) is 5.92 Å². The standard InChI is InChI=1S/C17H24N2O3/c20-15-4-1-3-14(15)18-6-8-19(9-7-18)17(21)13-11-12(13)16-5-2-10-22-16/h2,5,10,12-15,20H,1,3-4,6-9,11H2/t12-,13+,14+,15+/m0/s1. The summed E-state index contributed by atoms with van der Waals surface area (Å²) in [5.41, 5.74) is 0. The van der Waals surface area contributed by atoms with Crippen molar-refractivity contribution in [1.82, 2.24) is 9.80 Å². The number of nitrogens with zero attached hydrogens (tertiary/aromatic N) is 2. The SMILES string of the molecule is O=C([C@@H]1C[C@@H]1c1ccco1)N1CCN([C@@H]2CCC[C@H]2O)CC1. The second-order valence-electron chi connectivity index (χ2n) is 6.89. The maximum absolute atomic E-state index is 12.6. The van der Waals surface area contributed by atoms with Crippen LogP contribution in [0.15, 0.2) is 22.8 Å². The van der Waals surface area contributed by atoms with E-state index in [9.17, 15) is 9.90 Å². The van der Waals surface area contributed by atoms with Crippen LogP contribution in [0.2, 0.25) is 0 Å². The third-order valence-corrected chi connectivity index (χ3v) is 5.56. The highest BCUT2D eigenvalue weighted by molar-refractivity contribution is 5.83. The monoisotopic (exact) mass is 304 g/mol. The van der Waals surface area contributed by atoms with E-state index >= 15 is 0 Å². The van der Waals surface area contributed by atoms with Crippen LogP contribution in [0.25, 0.3) is 0 Å². The molecule has 1 amide bonds. The first-order valence-electron chi connectivity index (χ1n) is 8.48. The summed E-state index contributed by atoms with van der Waals surface area (Å²) in [5.74, 6) is 1.64. The summed E-state index contributed by atoms with van der Waals surface area (Å²) in [6.07, 6.45) is 5.58. The molecule has 0 unspecified atom stereocenters. The Bertz CT molecular complexity index is 522. The number of aliphatic hydroxyl groups excluding tert-OH is 1. The van der Waals surface area contributed by atoms with Gasteiger partial charge in [0.15, 0.2) is 0 Å². The van der Waals surface area contributed by atoms with Gasteiger partial charge in [-0.05, 0) is 37.8 Å². The average Bonchev–Trinajstić information content (AvgIpc) is 2.95. The molecule has 120 valence electrons. The fourth-order valence-corrected chi connectivity index (χ4v) is 4.14. The van der Waals surface area contributed by atoms with Crippen molar-refractivity contribution in [3.05, 3.63) is 24.2 Å². The third-order valence-electron chi connectivity index (χ3n) is 5.56. The summed E-state index contributed by atoms with van der Waals surface area (Å²) >= 11 is 0. The van der Waals surface area contributed by atoms with Crippen LogP contribution >= 0.6 is 0 Å². The van der Waals surface area contributed by atoms with Gasteiger partial charge < -0.3 is 14.4 Å². The zero-order valence-corrected chi connectivity index (χ0v) is 12.9. The van der Waals surface area contributed by atoms with Crippen molar-refractivity contribution in [2.75, 3.05) is 26.2 Å². The van der Waals surface area contributed by atoms with Gasteiger partial charge in [-0.3, -0.25) is 9.69 Å². The minimum Gasteiger partial charge on any atom is -0.469 e. The number of hydrogen-bond donors (Lipinski definition) is 1. The van der Waals surface area contributed by atoms with Gasteiger partial charge >= 0.3 is 0 Å². The molecule has 0 bridgehead atoms. The van der Waals surface area contributed by atoms with Gasteiger partial charge in [0.05, 0.1) is 12.4 Å². The highest BCUT2D eigenvalue weighted by Crippen LogP contribution is 2.48. The predicted octanol–water partition coefficient (Wildman–Crippen LogP) is 1.44. The summed E-state index contributed by atoms with van der Waals surface area (Å²) in [5, 5.41) is 10.0. The molecule has 3 aliphatic rings. The summed E-state index contributed by atoms with van der Waals surface area (Å²) in [4.78, 5) is 17.0. The number of furan rings is 1. The van der Waals surface area contributed by atoms with E-state index in [-0.39, 0.29) is 23.8 Å². The number of carbonyl (C=O) groups excluding carboxylic acids is 1. The van der Waals surface area contributed by atoms with E-state index in [0.29, 0.717) is 6.04 Å². The van der Waals surface area contributed by atoms with E-state index < -0.39 is 0 Å². The lowest BCUT2D eigenvalue weighted by Crippen LogP contribution is -2.54. The molecule has 1 aliphatic heterocycles. The van der Waals surface area contributed by atoms with E-state index in [0.717, 1.165) is 57.6 Å². The number of carbonyl (C=O) groups is 1. The fraction of sp³-hybridized carbons (Fsp3) is 0.706. The van der Waals surface area contributed by atoms with Gasteiger partial charge in [0.2, 0.25) is 5.91 Å².